The van der Waals surface area contributed by atoms with Gasteiger partial charge in [-0.1, -0.05) is 24.7 Å². The topological polar surface area (TPSA) is 77.2 Å². The van der Waals surface area contributed by atoms with Crippen LogP contribution >= 0.6 is 11.3 Å². The van der Waals surface area contributed by atoms with Gasteiger partial charge in [-0.05, 0) is 61.7 Å². The van der Waals surface area contributed by atoms with E-state index < -0.39 is 0 Å². The Morgan fingerprint density at radius 3 is 2.69 bits per heavy atom. The maximum Gasteiger partial charge on any atom is 0.255 e. The normalized spacial score (nSPS) is 10.9. The summed E-state index contributed by atoms with van der Waals surface area (Å²) in [5, 5.41) is 3.56. The molecule has 0 atom stereocenters. The molecule has 0 saturated carbocycles. The van der Waals surface area contributed by atoms with Crippen LogP contribution in [0.4, 0.5) is 10.8 Å². The molecule has 0 radical (unpaired) electrons. The van der Waals surface area contributed by atoms with E-state index in [2.05, 4.69) is 17.2 Å². The van der Waals surface area contributed by atoms with Gasteiger partial charge in [0.05, 0.1) is 16.8 Å². The quantitative estimate of drug-likeness (QED) is 0.604. The number of unbranched alkanes of at least 4 members (excludes halogenated alkanes) is 1. The van der Waals surface area contributed by atoms with Crippen molar-refractivity contribution in [2.24, 2.45) is 0 Å². The highest BCUT2D eigenvalue weighted by atomic mass is 32.1. The minimum absolute atomic E-state index is 0.145. The first-order chi connectivity index (χ1) is 12.5. The number of hydrogen-bond donors (Lipinski definition) is 2. The molecule has 3 rings (SSSR count). The molecule has 1 heterocycles. The van der Waals surface area contributed by atoms with E-state index in [0.29, 0.717) is 17.3 Å². The summed E-state index contributed by atoms with van der Waals surface area (Å²) in [5.41, 5.74) is 10.0. The molecule has 26 heavy (non-hydrogen) atoms. The molecule has 0 saturated heterocycles. The minimum Gasteiger partial charge on any atom is -0.494 e. The number of amides is 1. The fourth-order valence-electron chi connectivity index (χ4n) is 2.82. The van der Waals surface area contributed by atoms with Crippen LogP contribution in [0.15, 0.2) is 30.3 Å². The molecule has 5 nitrogen and oxygen atoms in total. The number of benzene rings is 2. The lowest BCUT2D eigenvalue weighted by atomic mass is 10.1. The third-order valence-corrected chi connectivity index (χ3v) is 5.27. The summed E-state index contributed by atoms with van der Waals surface area (Å²) in [5.74, 6) is 0.636. The van der Waals surface area contributed by atoms with Crippen LogP contribution in [0.2, 0.25) is 0 Å². The number of aromatic nitrogens is 1. The second-order valence-electron chi connectivity index (χ2n) is 6.27. The van der Waals surface area contributed by atoms with Gasteiger partial charge in [0, 0.05) is 11.3 Å². The van der Waals surface area contributed by atoms with Crippen molar-refractivity contribution in [3.63, 3.8) is 0 Å². The van der Waals surface area contributed by atoms with Crippen molar-refractivity contribution in [2.75, 3.05) is 17.7 Å². The molecular formula is C20H23N3O2S. The van der Waals surface area contributed by atoms with Crippen molar-refractivity contribution < 1.29 is 9.53 Å². The summed E-state index contributed by atoms with van der Waals surface area (Å²) in [6.45, 7) is 6.76. The first-order valence-electron chi connectivity index (χ1n) is 8.70. The smallest absolute Gasteiger partial charge is 0.255 e. The number of rotatable bonds is 6. The van der Waals surface area contributed by atoms with Gasteiger partial charge in [0.15, 0.2) is 5.13 Å². The summed E-state index contributed by atoms with van der Waals surface area (Å²) in [7, 11) is 0. The molecule has 0 unspecified atom stereocenters. The first kappa shape index (κ1) is 18.2. The molecule has 1 amide bonds. The van der Waals surface area contributed by atoms with Crippen molar-refractivity contribution in [2.45, 2.75) is 33.6 Å². The average molecular weight is 369 g/mol. The number of anilines is 2. The van der Waals surface area contributed by atoms with E-state index in [9.17, 15) is 4.79 Å². The Morgan fingerprint density at radius 2 is 2.00 bits per heavy atom. The van der Waals surface area contributed by atoms with Crippen molar-refractivity contribution in [1.82, 2.24) is 4.98 Å². The molecule has 6 heteroatoms. The fraction of sp³-hybridized carbons (Fsp3) is 0.300. The van der Waals surface area contributed by atoms with Gasteiger partial charge >= 0.3 is 0 Å². The third-order valence-electron chi connectivity index (χ3n) is 4.25. The number of carbonyl (C=O) groups excluding carboxylic acids is 1. The predicted molar refractivity (Wildman–Crippen MR) is 108 cm³/mol. The van der Waals surface area contributed by atoms with Gasteiger partial charge in [-0.2, -0.15) is 0 Å². The number of nitrogens with two attached hydrogens (primary N) is 1. The first-order valence-corrected chi connectivity index (χ1v) is 9.51. The molecule has 0 aliphatic carbocycles. The monoisotopic (exact) mass is 369 g/mol. The Labute approximate surface area is 157 Å². The number of hydrogen-bond acceptors (Lipinski definition) is 5. The van der Waals surface area contributed by atoms with Gasteiger partial charge in [0.2, 0.25) is 0 Å². The number of fused-ring (bicyclic) bond motifs is 1. The number of ether oxygens (including phenoxy) is 1. The number of carbonyl (C=O) groups is 1. The van der Waals surface area contributed by atoms with Crippen LogP contribution in [0.25, 0.3) is 10.2 Å². The number of nitrogen functional groups attached to an aromatic ring is 1. The zero-order valence-electron chi connectivity index (χ0n) is 15.3. The van der Waals surface area contributed by atoms with Gasteiger partial charge in [0.25, 0.3) is 5.91 Å². The lowest BCUT2D eigenvalue weighted by Gasteiger charge is -2.13. The Balaban J connectivity index is 1.78. The Kier molecular flexibility index (Phi) is 5.42. The maximum atomic E-state index is 12.6. The van der Waals surface area contributed by atoms with Gasteiger partial charge in [0.1, 0.15) is 5.75 Å². The van der Waals surface area contributed by atoms with Crippen LogP contribution in [-0.4, -0.2) is 17.5 Å². The van der Waals surface area contributed by atoms with Crippen LogP contribution < -0.4 is 15.8 Å². The molecule has 136 valence electrons. The number of thiazole rings is 1. The van der Waals surface area contributed by atoms with Gasteiger partial charge in [-0.15, -0.1) is 0 Å². The molecule has 0 aliphatic rings. The van der Waals surface area contributed by atoms with E-state index >= 15 is 0 Å². The van der Waals surface area contributed by atoms with Crippen LogP contribution in [0.3, 0.4) is 0 Å². The van der Waals surface area contributed by atoms with Crippen LogP contribution in [-0.2, 0) is 0 Å². The summed E-state index contributed by atoms with van der Waals surface area (Å²) in [6.07, 6.45) is 2.11. The fourth-order valence-corrected chi connectivity index (χ4v) is 3.63. The summed E-state index contributed by atoms with van der Waals surface area (Å²) in [4.78, 5) is 17.0. The lowest BCUT2D eigenvalue weighted by Crippen LogP contribution is -2.13. The van der Waals surface area contributed by atoms with Crippen LogP contribution in [0.5, 0.6) is 5.75 Å². The molecule has 3 N–H and O–H groups in total. The van der Waals surface area contributed by atoms with E-state index in [0.717, 1.165) is 45.6 Å². The SMILES string of the molecule is CCCCOc1ccc(C(=O)Nc2c(C)cc3nc(N)sc3c2C)cc1. The summed E-state index contributed by atoms with van der Waals surface area (Å²) < 4.78 is 6.64. The highest BCUT2D eigenvalue weighted by molar-refractivity contribution is 7.22. The summed E-state index contributed by atoms with van der Waals surface area (Å²) in [6, 6.07) is 9.18. The molecular weight excluding hydrogens is 346 g/mol. The molecule has 0 spiro atoms. The van der Waals surface area contributed by atoms with Crippen molar-refractivity contribution in [3.05, 3.63) is 47.0 Å². The minimum atomic E-state index is -0.145. The molecule has 2 aromatic carbocycles. The van der Waals surface area contributed by atoms with Gasteiger partial charge < -0.3 is 15.8 Å². The number of nitrogens with zero attached hydrogens (tertiary/aromatic N) is 1. The second-order valence-corrected chi connectivity index (χ2v) is 7.30. The Bertz CT molecular complexity index is 932. The standard InChI is InChI=1S/C20H23N3O2S/c1-4-5-10-25-15-8-6-14(7-9-15)19(24)23-17-12(2)11-16-18(13(17)3)26-20(21)22-16/h6-9,11H,4-5,10H2,1-3H3,(H2,21,22)(H,23,24). The predicted octanol–water partition coefficient (Wildman–Crippen LogP) is 4.93. The van der Waals surface area contributed by atoms with Gasteiger partial charge in [-0.3, -0.25) is 4.79 Å². The number of aryl methyl sites for hydroxylation is 2. The molecule has 3 aromatic rings. The largest absolute Gasteiger partial charge is 0.494 e. The zero-order chi connectivity index (χ0) is 18.7. The average Bonchev–Trinajstić information content (AvgIpc) is 2.99. The lowest BCUT2D eigenvalue weighted by molar-refractivity contribution is 0.102. The van der Waals surface area contributed by atoms with Crippen molar-refractivity contribution >= 4 is 38.3 Å². The number of nitrogens with one attached hydrogen (secondary N) is 1. The van der Waals surface area contributed by atoms with E-state index in [1.54, 1.807) is 12.1 Å². The van der Waals surface area contributed by atoms with Crippen molar-refractivity contribution in [3.8, 4) is 5.75 Å². The van der Waals surface area contributed by atoms with Crippen LogP contribution in [0.1, 0.15) is 41.3 Å². The molecule has 0 fully saturated rings. The zero-order valence-corrected chi connectivity index (χ0v) is 16.1. The van der Waals surface area contributed by atoms with E-state index in [1.807, 2.05) is 32.0 Å². The van der Waals surface area contributed by atoms with E-state index in [1.165, 1.54) is 11.3 Å². The summed E-state index contributed by atoms with van der Waals surface area (Å²) >= 11 is 1.43. The molecule has 0 aliphatic heterocycles. The molecule has 1 aromatic heterocycles. The van der Waals surface area contributed by atoms with E-state index in [-0.39, 0.29) is 5.91 Å². The Morgan fingerprint density at radius 1 is 1.27 bits per heavy atom. The second kappa shape index (κ2) is 7.74. The van der Waals surface area contributed by atoms with E-state index in [4.69, 9.17) is 10.5 Å². The highest BCUT2D eigenvalue weighted by Gasteiger charge is 2.15. The highest BCUT2D eigenvalue weighted by Crippen LogP contribution is 2.34. The van der Waals surface area contributed by atoms with Crippen molar-refractivity contribution in [1.29, 1.82) is 0 Å². The maximum absolute atomic E-state index is 12.6. The Hall–Kier alpha value is -2.60. The molecule has 0 bridgehead atoms. The van der Waals surface area contributed by atoms with Gasteiger partial charge in [-0.25, -0.2) is 4.98 Å². The van der Waals surface area contributed by atoms with Crippen LogP contribution in [0, 0.1) is 13.8 Å². The third kappa shape index (κ3) is 3.80.